The normalized spacial score (nSPS) is 11.3. The van der Waals surface area contributed by atoms with Crippen LogP contribution in [0.15, 0.2) is 23.3 Å². The molecule has 0 amide bonds. The maximum Gasteiger partial charge on any atom is 0.191 e. The molecular weight excluding hydrogens is 262 g/mol. The minimum absolute atomic E-state index is 0.629. The van der Waals surface area contributed by atoms with Crippen LogP contribution < -0.4 is 15.5 Å². The topological polar surface area (TPSA) is 52.6 Å². The molecule has 1 heterocycles. The van der Waals surface area contributed by atoms with E-state index < -0.39 is 0 Å². The Morgan fingerprint density at radius 2 is 2.05 bits per heavy atom. The van der Waals surface area contributed by atoms with E-state index >= 15 is 0 Å². The van der Waals surface area contributed by atoms with E-state index in [4.69, 9.17) is 0 Å². The van der Waals surface area contributed by atoms with Crippen molar-refractivity contribution in [3.63, 3.8) is 0 Å². The van der Waals surface area contributed by atoms with E-state index in [1.54, 1.807) is 0 Å². The minimum Gasteiger partial charge on any atom is -0.362 e. The number of pyridine rings is 1. The average molecular weight is 291 g/mol. The average Bonchev–Trinajstić information content (AvgIpc) is 2.49. The fourth-order valence-electron chi connectivity index (χ4n) is 2.04. The maximum absolute atomic E-state index is 4.65. The van der Waals surface area contributed by atoms with Gasteiger partial charge in [0.2, 0.25) is 0 Å². The highest BCUT2D eigenvalue weighted by molar-refractivity contribution is 5.79. The molecule has 0 spiro atoms. The second kappa shape index (κ2) is 10.0. The van der Waals surface area contributed by atoms with Crippen molar-refractivity contribution >= 4 is 11.8 Å². The van der Waals surface area contributed by atoms with E-state index in [2.05, 4.69) is 40.5 Å². The van der Waals surface area contributed by atoms with Crippen LogP contribution in [-0.4, -0.2) is 38.1 Å². The summed E-state index contributed by atoms with van der Waals surface area (Å²) in [6.45, 7) is 6.76. The molecule has 0 aromatic carbocycles. The highest BCUT2D eigenvalue weighted by Gasteiger charge is 2.05. The van der Waals surface area contributed by atoms with Gasteiger partial charge >= 0.3 is 0 Å². The molecule has 0 radical (unpaired) electrons. The van der Waals surface area contributed by atoms with Gasteiger partial charge in [0.25, 0.3) is 0 Å². The van der Waals surface area contributed by atoms with Crippen molar-refractivity contribution in [2.45, 2.75) is 39.7 Å². The van der Waals surface area contributed by atoms with Crippen molar-refractivity contribution in [1.82, 2.24) is 15.6 Å². The molecule has 21 heavy (non-hydrogen) atoms. The molecule has 0 saturated carbocycles. The van der Waals surface area contributed by atoms with Crippen molar-refractivity contribution in [1.29, 1.82) is 0 Å². The van der Waals surface area contributed by atoms with E-state index in [1.165, 1.54) is 19.3 Å². The Bertz CT molecular complexity index is 428. The van der Waals surface area contributed by atoms with Crippen molar-refractivity contribution in [3.8, 4) is 0 Å². The predicted molar refractivity (Wildman–Crippen MR) is 90.9 cm³/mol. The van der Waals surface area contributed by atoms with Gasteiger partial charge < -0.3 is 15.5 Å². The van der Waals surface area contributed by atoms with E-state index in [0.29, 0.717) is 6.54 Å². The lowest BCUT2D eigenvalue weighted by Crippen LogP contribution is -2.37. The zero-order valence-corrected chi connectivity index (χ0v) is 13.8. The van der Waals surface area contributed by atoms with Crippen LogP contribution in [0.1, 0.15) is 38.7 Å². The zero-order valence-electron chi connectivity index (χ0n) is 13.8. The number of nitrogens with one attached hydrogen (secondary N) is 2. The lowest BCUT2D eigenvalue weighted by atomic mass is 10.2. The van der Waals surface area contributed by atoms with Gasteiger partial charge in [0.1, 0.15) is 5.82 Å². The van der Waals surface area contributed by atoms with Gasteiger partial charge in [-0.15, -0.1) is 0 Å². The van der Waals surface area contributed by atoms with Crippen LogP contribution in [0.4, 0.5) is 5.82 Å². The van der Waals surface area contributed by atoms with Gasteiger partial charge in [0.05, 0.1) is 6.54 Å². The molecule has 1 aromatic heterocycles. The number of anilines is 1. The summed E-state index contributed by atoms with van der Waals surface area (Å²) >= 11 is 0. The fraction of sp³-hybridized carbons (Fsp3) is 0.625. The number of aliphatic imine (C=N–C) groups is 1. The van der Waals surface area contributed by atoms with Crippen LogP contribution in [-0.2, 0) is 6.54 Å². The first kappa shape index (κ1) is 17.3. The zero-order chi connectivity index (χ0) is 15.5. The first-order valence-electron chi connectivity index (χ1n) is 7.82. The van der Waals surface area contributed by atoms with Gasteiger partial charge in [0.15, 0.2) is 5.96 Å². The first-order chi connectivity index (χ1) is 10.2. The molecule has 0 aliphatic rings. The Morgan fingerprint density at radius 3 is 2.71 bits per heavy atom. The predicted octanol–water partition coefficient (Wildman–Crippen LogP) is 2.39. The second-order valence-electron chi connectivity index (χ2n) is 5.21. The summed E-state index contributed by atoms with van der Waals surface area (Å²) in [5.74, 6) is 1.85. The maximum atomic E-state index is 4.65. The van der Waals surface area contributed by atoms with E-state index in [-0.39, 0.29) is 0 Å². The fourth-order valence-corrected chi connectivity index (χ4v) is 2.04. The molecular formula is C16H29N5. The lowest BCUT2D eigenvalue weighted by molar-refractivity contribution is 0.683. The third kappa shape index (κ3) is 6.47. The summed E-state index contributed by atoms with van der Waals surface area (Å²) in [4.78, 5) is 11.1. The van der Waals surface area contributed by atoms with Crippen molar-refractivity contribution < 1.29 is 0 Å². The molecule has 0 bridgehead atoms. The number of nitrogens with zero attached hydrogens (tertiary/aromatic N) is 3. The third-order valence-corrected chi connectivity index (χ3v) is 3.12. The summed E-state index contributed by atoms with van der Waals surface area (Å²) in [7, 11) is 4.01. The monoisotopic (exact) mass is 291 g/mol. The van der Waals surface area contributed by atoms with Gasteiger partial charge in [-0.2, -0.15) is 0 Å². The summed E-state index contributed by atoms with van der Waals surface area (Å²) < 4.78 is 0. The Balaban J connectivity index is 2.64. The molecule has 0 saturated heterocycles. The van der Waals surface area contributed by atoms with Crippen LogP contribution in [0.25, 0.3) is 0 Å². The molecule has 1 aromatic rings. The van der Waals surface area contributed by atoms with Crippen LogP contribution >= 0.6 is 0 Å². The molecule has 2 N–H and O–H groups in total. The quantitative estimate of drug-likeness (QED) is 0.439. The molecule has 118 valence electrons. The van der Waals surface area contributed by atoms with Crippen molar-refractivity contribution in [3.05, 3.63) is 23.9 Å². The van der Waals surface area contributed by atoms with Gasteiger partial charge in [-0.1, -0.05) is 25.8 Å². The van der Waals surface area contributed by atoms with Gasteiger partial charge in [-0.3, -0.25) is 0 Å². The minimum atomic E-state index is 0.629. The molecule has 0 fully saturated rings. The highest BCUT2D eigenvalue weighted by Crippen LogP contribution is 2.15. The van der Waals surface area contributed by atoms with Gasteiger partial charge in [-0.05, 0) is 19.4 Å². The molecule has 5 heteroatoms. The summed E-state index contributed by atoms with van der Waals surface area (Å²) in [6.07, 6.45) is 5.48. The number of hydrogen-bond donors (Lipinski definition) is 2. The van der Waals surface area contributed by atoms with Crippen molar-refractivity contribution in [2.24, 2.45) is 4.99 Å². The molecule has 0 aliphatic heterocycles. The van der Waals surface area contributed by atoms with Crippen LogP contribution in [0.3, 0.4) is 0 Å². The van der Waals surface area contributed by atoms with Crippen LogP contribution in [0.2, 0.25) is 0 Å². The Labute approximate surface area is 128 Å². The molecule has 0 unspecified atom stereocenters. The number of unbranched alkanes of at least 4 members (excludes halogenated alkanes) is 2. The SMILES string of the molecule is CCCCCNC(=NCc1cccnc1N(C)C)NCC. The molecule has 0 aliphatic carbocycles. The number of hydrogen-bond acceptors (Lipinski definition) is 3. The highest BCUT2D eigenvalue weighted by atomic mass is 15.2. The smallest absolute Gasteiger partial charge is 0.191 e. The Kier molecular flexibility index (Phi) is 8.24. The van der Waals surface area contributed by atoms with E-state index in [9.17, 15) is 0 Å². The van der Waals surface area contributed by atoms with Crippen LogP contribution in [0, 0.1) is 0 Å². The first-order valence-corrected chi connectivity index (χ1v) is 7.82. The summed E-state index contributed by atoms with van der Waals surface area (Å²) in [6, 6.07) is 4.03. The Morgan fingerprint density at radius 1 is 1.24 bits per heavy atom. The Hall–Kier alpha value is -1.78. The van der Waals surface area contributed by atoms with Gasteiger partial charge in [-0.25, -0.2) is 9.98 Å². The largest absolute Gasteiger partial charge is 0.362 e. The summed E-state index contributed by atoms with van der Waals surface area (Å²) in [5.41, 5.74) is 1.13. The number of aromatic nitrogens is 1. The van der Waals surface area contributed by atoms with E-state index in [1.807, 2.05) is 31.3 Å². The van der Waals surface area contributed by atoms with Gasteiger partial charge in [0, 0.05) is 38.9 Å². The lowest BCUT2D eigenvalue weighted by Gasteiger charge is -2.15. The van der Waals surface area contributed by atoms with Crippen LogP contribution in [0.5, 0.6) is 0 Å². The molecule has 1 rings (SSSR count). The number of guanidine groups is 1. The standard InChI is InChI=1S/C16H29N5/c1-5-7-8-11-19-16(17-6-2)20-13-14-10-9-12-18-15(14)21(3)4/h9-10,12H,5-8,11,13H2,1-4H3,(H2,17,19,20). The number of rotatable bonds is 8. The van der Waals surface area contributed by atoms with E-state index in [0.717, 1.165) is 30.4 Å². The molecule has 0 atom stereocenters. The second-order valence-corrected chi connectivity index (χ2v) is 5.21. The molecule has 5 nitrogen and oxygen atoms in total. The van der Waals surface area contributed by atoms with Crippen molar-refractivity contribution in [2.75, 3.05) is 32.1 Å². The summed E-state index contributed by atoms with van der Waals surface area (Å²) in [5, 5.41) is 6.66. The third-order valence-electron chi connectivity index (χ3n) is 3.12.